The Morgan fingerprint density at radius 2 is 2.41 bits per heavy atom. The zero-order valence-corrected chi connectivity index (χ0v) is 10.2. The standard InChI is InChI=1S/C13H19NO3/c1-16-13(15)11-7-12(17-9-11)8-14-6-2-3-10-4-5-10/h7,9-10,14H,2-6,8H2,1H3. The molecule has 1 aliphatic rings. The Balaban J connectivity index is 1.64. The van der Waals surface area contributed by atoms with Crippen LogP contribution in [0.1, 0.15) is 41.8 Å². The quantitative estimate of drug-likeness (QED) is 0.584. The molecule has 0 bridgehead atoms. The summed E-state index contributed by atoms with van der Waals surface area (Å²) in [5.41, 5.74) is 0.474. The van der Waals surface area contributed by atoms with Crippen molar-refractivity contribution in [2.24, 2.45) is 5.92 Å². The van der Waals surface area contributed by atoms with Crippen LogP contribution in [0, 0.1) is 5.92 Å². The van der Waals surface area contributed by atoms with Gasteiger partial charge in [0.1, 0.15) is 12.0 Å². The van der Waals surface area contributed by atoms with Crippen LogP contribution in [0.5, 0.6) is 0 Å². The number of methoxy groups -OCH3 is 1. The number of ether oxygens (including phenoxy) is 1. The molecule has 1 aliphatic carbocycles. The third kappa shape index (κ3) is 3.89. The number of nitrogens with one attached hydrogen (secondary N) is 1. The van der Waals surface area contributed by atoms with Crippen molar-refractivity contribution in [1.29, 1.82) is 0 Å². The first kappa shape index (κ1) is 12.2. The lowest BCUT2D eigenvalue weighted by molar-refractivity contribution is 0.0600. The predicted molar refractivity (Wildman–Crippen MR) is 63.7 cm³/mol. The number of carbonyl (C=O) groups is 1. The van der Waals surface area contributed by atoms with E-state index in [4.69, 9.17) is 4.42 Å². The zero-order valence-electron chi connectivity index (χ0n) is 10.2. The van der Waals surface area contributed by atoms with E-state index in [2.05, 4.69) is 10.1 Å². The normalized spacial score (nSPS) is 14.9. The van der Waals surface area contributed by atoms with E-state index in [9.17, 15) is 4.79 Å². The van der Waals surface area contributed by atoms with Gasteiger partial charge < -0.3 is 14.5 Å². The lowest BCUT2D eigenvalue weighted by Crippen LogP contribution is -2.14. The van der Waals surface area contributed by atoms with Crippen LogP contribution in [0.25, 0.3) is 0 Å². The van der Waals surface area contributed by atoms with Gasteiger partial charge in [-0.05, 0) is 31.4 Å². The van der Waals surface area contributed by atoms with E-state index in [1.54, 1.807) is 6.07 Å². The van der Waals surface area contributed by atoms with Gasteiger partial charge in [0.15, 0.2) is 0 Å². The molecule has 94 valence electrons. The molecule has 0 radical (unpaired) electrons. The zero-order chi connectivity index (χ0) is 12.1. The first-order valence-corrected chi connectivity index (χ1v) is 6.16. The highest BCUT2D eigenvalue weighted by Crippen LogP contribution is 2.33. The number of hydrogen-bond acceptors (Lipinski definition) is 4. The average molecular weight is 237 g/mol. The molecule has 1 aromatic rings. The fraction of sp³-hybridized carbons (Fsp3) is 0.615. The van der Waals surface area contributed by atoms with Crippen molar-refractivity contribution in [1.82, 2.24) is 5.32 Å². The lowest BCUT2D eigenvalue weighted by Gasteiger charge is -2.01. The van der Waals surface area contributed by atoms with Crippen LogP contribution in [0.3, 0.4) is 0 Å². The molecular weight excluding hydrogens is 218 g/mol. The van der Waals surface area contributed by atoms with Crippen LogP contribution in [0.4, 0.5) is 0 Å². The minimum Gasteiger partial charge on any atom is -0.467 e. The van der Waals surface area contributed by atoms with Crippen LogP contribution in [0.15, 0.2) is 16.7 Å². The smallest absolute Gasteiger partial charge is 0.341 e. The molecule has 0 saturated heterocycles. The molecule has 2 rings (SSSR count). The van der Waals surface area contributed by atoms with E-state index in [0.717, 1.165) is 18.2 Å². The summed E-state index contributed by atoms with van der Waals surface area (Å²) in [6, 6.07) is 1.72. The maximum Gasteiger partial charge on any atom is 0.341 e. The second-order valence-electron chi connectivity index (χ2n) is 4.56. The van der Waals surface area contributed by atoms with Crippen molar-refractivity contribution in [3.8, 4) is 0 Å². The summed E-state index contributed by atoms with van der Waals surface area (Å²) in [5.74, 6) is 1.41. The topological polar surface area (TPSA) is 51.5 Å². The molecule has 0 aromatic carbocycles. The summed E-state index contributed by atoms with van der Waals surface area (Å²) in [4.78, 5) is 11.2. The lowest BCUT2D eigenvalue weighted by atomic mass is 10.2. The summed E-state index contributed by atoms with van der Waals surface area (Å²) >= 11 is 0. The Morgan fingerprint density at radius 3 is 3.12 bits per heavy atom. The molecule has 1 aromatic heterocycles. The van der Waals surface area contributed by atoms with Gasteiger partial charge in [-0.1, -0.05) is 12.8 Å². The van der Waals surface area contributed by atoms with Crippen molar-refractivity contribution in [2.75, 3.05) is 13.7 Å². The highest BCUT2D eigenvalue weighted by atomic mass is 16.5. The van der Waals surface area contributed by atoms with Gasteiger partial charge in [0, 0.05) is 0 Å². The Morgan fingerprint density at radius 1 is 1.59 bits per heavy atom. The molecule has 17 heavy (non-hydrogen) atoms. The Kier molecular flexibility index (Phi) is 4.20. The molecule has 4 heteroatoms. The van der Waals surface area contributed by atoms with E-state index in [-0.39, 0.29) is 5.97 Å². The van der Waals surface area contributed by atoms with Crippen LogP contribution >= 0.6 is 0 Å². The van der Waals surface area contributed by atoms with Gasteiger partial charge in [-0.2, -0.15) is 0 Å². The van der Waals surface area contributed by atoms with Crippen molar-refractivity contribution in [3.05, 3.63) is 23.7 Å². The summed E-state index contributed by atoms with van der Waals surface area (Å²) in [6.07, 6.45) is 6.82. The fourth-order valence-electron chi connectivity index (χ4n) is 1.83. The highest BCUT2D eigenvalue weighted by molar-refractivity contribution is 5.88. The van der Waals surface area contributed by atoms with Gasteiger partial charge in [-0.3, -0.25) is 0 Å². The molecule has 0 atom stereocenters. The van der Waals surface area contributed by atoms with Gasteiger partial charge in [0.2, 0.25) is 0 Å². The third-order valence-electron chi connectivity index (χ3n) is 3.04. The molecule has 1 heterocycles. The third-order valence-corrected chi connectivity index (χ3v) is 3.04. The Labute approximate surface area is 101 Å². The van der Waals surface area contributed by atoms with E-state index < -0.39 is 0 Å². The maximum atomic E-state index is 11.2. The number of carbonyl (C=O) groups excluding carboxylic acids is 1. The van der Waals surface area contributed by atoms with E-state index in [1.807, 2.05) is 0 Å². The van der Waals surface area contributed by atoms with Crippen molar-refractivity contribution in [3.63, 3.8) is 0 Å². The van der Waals surface area contributed by atoms with Gasteiger partial charge >= 0.3 is 5.97 Å². The van der Waals surface area contributed by atoms with Crippen LogP contribution in [-0.2, 0) is 11.3 Å². The number of hydrogen-bond donors (Lipinski definition) is 1. The minimum atomic E-state index is -0.353. The van der Waals surface area contributed by atoms with Crippen molar-refractivity contribution >= 4 is 5.97 Å². The second-order valence-corrected chi connectivity index (χ2v) is 4.56. The summed E-state index contributed by atoms with van der Waals surface area (Å²) in [6.45, 7) is 1.67. The fourth-order valence-corrected chi connectivity index (χ4v) is 1.83. The number of rotatable bonds is 7. The van der Waals surface area contributed by atoms with Gasteiger partial charge in [0.05, 0.1) is 19.2 Å². The van der Waals surface area contributed by atoms with Crippen LogP contribution < -0.4 is 5.32 Å². The van der Waals surface area contributed by atoms with Crippen LogP contribution in [0.2, 0.25) is 0 Å². The number of furan rings is 1. The molecule has 1 fully saturated rings. The van der Waals surface area contributed by atoms with E-state index >= 15 is 0 Å². The Bertz CT molecular complexity index is 368. The van der Waals surface area contributed by atoms with Crippen molar-refractivity contribution in [2.45, 2.75) is 32.2 Å². The first-order valence-electron chi connectivity index (χ1n) is 6.16. The predicted octanol–water partition coefficient (Wildman–Crippen LogP) is 2.35. The molecule has 0 aliphatic heterocycles. The van der Waals surface area contributed by atoms with Gasteiger partial charge in [0.25, 0.3) is 0 Å². The Hall–Kier alpha value is -1.29. The molecule has 0 unspecified atom stereocenters. The highest BCUT2D eigenvalue weighted by Gasteiger charge is 2.19. The monoisotopic (exact) mass is 237 g/mol. The average Bonchev–Trinajstić information content (AvgIpc) is 3.05. The maximum absolute atomic E-state index is 11.2. The SMILES string of the molecule is COC(=O)c1coc(CNCCCC2CC2)c1. The molecule has 1 N–H and O–H groups in total. The molecular formula is C13H19NO3. The minimum absolute atomic E-state index is 0.353. The second kappa shape index (κ2) is 5.87. The summed E-state index contributed by atoms with van der Waals surface area (Å²) in [7, 11) is 1.37. The molecule has 0 amide bonds. The summed E-state index contributed by atoms with van der Waals surface area (Å²) in [5, 5.41) is 3.31. The molecule has 1 saturated carbocycles. The van der Waals surface area contributed by atoms with Crippen LogP contribution in [-0.4, -0.2) is 19.6 Å². The van der Waals surface area contributed by atoms with Gasteiger partial charge in [-0.25, -0.2) is 4.79 Å². The number of esters is 1. The van der Waals surface area contributed by atoms with E-state index in [0.29, 0.717) is 12.1 Å². The first-order chi connectivity index (χ1) is 8.29. The van der Waals surface area contributed by atoms with E-state index in [1.165, 1.54) is 39.1 Å². The molecule has 4 nitrogen and oxygen atoms in total. The molecule has 0 spiro atoms. The van der Waals surface area contributed by atoms with Crippen molar-refractivity contribution < 1.29 is 13.9 Å². The largest absolute Gasteiger partial charge is 0.467 e. The summed E-state index contributed by atoms with van der Waals surface area (Å²) < 4.78 is 9.87. The van der Waals surface area contributed by atoms with Gasteiger partial charge in [-0.15, -0.1) is 0 Å².